The Labute approximate surface area is 202 Å². The van der Waals surface area contributed by atoms with Crippen LogP contribution in [-0.2, 0) is 17.0 Å². The van der Waals surface area contributed by atoms with E-state index in [-0.39, 0.29) is 23.3 Å². The summed E-state index contributed by atoms with van der Waals surface area (Å²) >= 11 is 1.22. The fraction of sp³-hybridized carbons (Fsp3) is 0.208. The highest BCUT2D eigenvalue weighted by atomic mass is 32.2. The summed E-state index contributed by atoms with van der Waals surface area (Å²) in [6.45, 7) is 2.43. The number of thioether (sulfide) groups is 2. The number of ether oxygens (including phenoxy) is 1. The highest BCUT2D eigenvalue weighted by Gasteiger charge is 2.30. The monoisotopic (exact) mass is 503 g/mol. The van der Waals surface area contributed by atoms with Crippen LogP contribution >= 0.6 is 23.5 Å². The van der Waals surface area contributed by atoms with Crippen LogP contribution in [0.2, 0.25) is 0 Å². The molecule has 4 rings (SSSR count). The molecule has 0 N–H and O–H groups in total. The number of halogens is 3. The minimum Gasteiger partial charge on any atom is -0.462 e. The summed E-state index contributed by atoms with van der Waals surface area (Å²) in [6, 6.07) is 17.2. The minimum absolute atomic E-state index is 0.118. The van der Waals surface area contributed by atoms with Crippen molar-refractivity contribution in [2.45, 2.75) is 34.8 Å². The maximum Gasteiger partial charge on any atom is 0.446 e. The van der Waals surface area contributed by atoms with E-state index in [0.717, 1.165) is 11.2 Å². The topological polar surface area (TPSA) is 57.0 Å². The maximum absolute atomic E-state index is 13.0. The van der Waals surface area contributed by atoms with Crippen molar-refractivity contribution in [2.24, 2.45) is 0 Å². The SMILES string of the molecule is CCOC(=O)c1ccc2c(c1)nc(SCc1ccccc1SC(F)(F)F)n2Cc1ccccn1. The number of pyridine rings is 1. The van der Waals surface area contributed by atoms with E-state index in [1.165, 1.54) is 17.8 Å². The Hall–Kier alpha value is -2.98. The van der Waals surface area contributed by atoms with Crippen LogP contribution in [-0.4, -0.2) is 32.6 Å². The first-order chi connectivity index (χ1) is 16.3. The number of hydrogen-bond acceptors (Lipinski definition) is 6. The predicted octanol–water partition coefficient (Wildman–Crippen LogP) is 6.56. The van der Waals surface area contributed by atoms with Crippen LogP contribution in [0, 0.1) is 0 Å². The molecule has 2 aromatic heterocycles. The zero-order valence-corrected chi connectivity index (χ0v) is 19.7. The fourth-order valence-corrected chi connectivity index (χ4v) is 5.13. The van der Waals surface area contributed by atoms with Gasteiger partial charge < -0.3 is 9.30 Å². The van der Waals surface area contributed by atoms with Gasteiger partial charge in [0.05, 0.1) is 35.4 Å². The number of fused-ring (bicyclic) bond motifs is 1. The van der Waals surface area contributed by atoms with Crippen molar-refractivity contribution in [1.82, 2.24) is 14.5 Å². The average molecular weight is 504 g/mol. The molecule has 5 nitrogen and oxygen atoms in total. The molecule has 0 aliphatic heterocycles. The van der Waals surface area contributed by atoms with E-state index in [9.17, 15) is 18.0 Å². The van der Waals surface area contributed by atoms with Crippen LogP contribution < -0.4 is 0 Å². The van der Waals surface area contributed by atoms with E-state index >= 15 is 0 Å². The molecule has 0 fully saturated rings. The van der Waals surface area contributed by atoms with Gasteiger partial charge in [0, 0.05) is 16.8 Å². The average Bonchev–Trinajstić information content (AvgIpc) is 3.15. The second-order valence-electron chi connectivity index (χ2n) is 7.17. The van der Waals surface area contributed by atoms with Gasteiger partial charge in [0.25, 0.3) is 0 Å². The number of carbonyl (C=O) groups excluding carboxylic acids is 1. The van der Waals surface area contributed by atoms with Crippen molar-refractivity contribution >= 4 is 40.5 Å². The lowest BCUT2D eigenvalue weighted by Crippen LogP contribution is -2.05. The largest absolute Gasteiger partial charge is 0.462 e. The molecular formula is C24H20F3N3O2S2. The van der Waals surface area contributed by atoms with Crippen molar-refractivity contribution in [3.05, 3.63) is 83.7 Å². The van der Waals surface area contributed by atoms with Gasteiger partial charge in [-0.3, -0.25) is 4.98 Å². The number of aromatic nitrogens is 3. The number of rotatable bonds is 8. The lowest BCUT2D eigenvalue weighted by atomic mass is 10.2. The van der Waals surface area contributed by atoms with Gasteiger partial charge in [0.15, 0.2) is 5.16 Å². The Balaban J connectivity index is 1.68. The third-order valence-corrected chi connectivity index (χ3v) is 6.70. The van der Waals surface area contributed by atoms with E-state index < -0.39 is 11.5 Å². The zero-order valence-electron chi connectivity index (χ0n) is 18.1. The van der Waals surface area contributed by atoms with Gasteiger partial charge in [-0.05, 0) is 60.6 Å². The van der Waals surface area contributed by atoms with Gasteiger partial charge >= 0.3 is 11.5 Å². The lowest BCUT2D eigenvalue weighted by Gasteiger charge is -2.12. The normalized spacial score (nSPS) is 11.6. The van der Waals surface area contributed by atoms with E-state index in [2.05, 4.69) is 4.98 Å². The number of imidazole rings is 1. The summed E-state index contributed by atoms with van der Waals surface area (Å²) in [7, 11) is 0. The Kier molecular flexibility index (Phi) is 7.47. The molecule has 2 aromatic carbocycles. The molecule has 176 valence electrons. The first kappa shape index (κ1) is 24.2. The molecule has 2 heterocycles. The molecule has 0 unspecified atom stereocenters. The molecule has 0 bridgehead atoms. The quantitative estimate of drug-likeness (QED) is 0.200. The van der Waals surface area contributed by atoms with Gasteiger partial charge in [-0.15, -0.1) is 0 Å². The minimum atomic E-state index is -4.36. The summed E-state index contributed by atoms with van der Waals surface area (Å²) in [5.74, 6) is -0.133. The molecule has 0 amide bonds. The summed E-state index contributed by atoms with van der Waals surface area (Å²) < 4.78 is 46.0. The number of nitrogens with zero attached hydrogens (tertiary/aromatic N) is 3. The molecule has 0 spiro atoms. The summed E-state index contributed by atoms with van der Waals surface area (Å²) in [6.07, 6.45) is 1.70. The Morgan fingerprint density at radius 3 is 2.62 bits per heavy atom. The second kappa shape index (κ2) is 10.5. The first-order valence-electron chi connectivity index (χ1n) is 10.4. The summed E-state index contributed by atoms with van der Waals surface area (Å²) in [5.41, 5.74) is -1.21. The standard InChI is InChI=1S/C24H20F3N3O2S2/c1-2-32-22(31)16-10-11-20-19(13-16)29-23(30(20)14-18-8-5-6-12-28-18)33-15-17-7-3-4-9-21(17)34-24(25,26)27/h3-13H,2,14-15H2,1H3. The second-order valence-corrected chi connectivity index (χ2v) is 9.22. The lowest BCUT2D eigenvalue weighted by molar-refractivity contribution is -0.0328. The number of alkyl halides is 3. The summed E-state index contributed by atoms with van der Waals surface area (Å²) in [5, 5.41) is 0.619. The summed E-state index contributed by atoms with van der Waals surface area (Å²) in [4.78, 5) is 21.4. The molecule has 0 saturated carbocycles. The van der Waals surface area contributed by atoms with Gasteiger partial charge in [0.1, 0.15) is 0 Å². The molecule has 34 heavy (non-hydrogen) atoms. The van der Waals surface area contributed by atoms with E-state index in [1.807, 2.05) is 22.8 Å². The van der Waals surface area contributed by atoms with Crippen LogP contribution in [0.1, 0.15) is 28.5 Å². The zero-order chi connectivity index (χ0) is 24.1. The van der Waals surface area contributed by atoms with Gasteiger partial charge in [0.2, 0.25) is 0 Å². The van der Waals surface area contributed by atoms with Crippen LogP contribution in [0.5, 0.6) is 0 Å². The predicted molar refractivity (Wildman–Crippen MR) is 127 cm³/mol. The van der Waals surface area contributed by atoms with Crippen LogP contribution in [0.3, 0.4) is 0 Å². The van der Waals surface area contributed by atoms with Gasteiger partial charge in [-0.2, -0.15) is 13.2 Å². The highest BCUT2D eigenvalue weighted by molar-refractivity contribution is 8.00. The number of carbonyl (C=O) groups is 1. The molecule has 4 aromatic rings. The Morgan fingerprint density at radius 1 is 1.09 bits per heavy atom. The molecule has 0 aliphatic carbocycles. The first-order valence-corrected chi connectivity index (χ1v) is 12.2. The number of esters is 1. The molecule has 0 aliphatic rings. The van der Waals surface area contributed by atoms with E-state index in [4.69, 9.17) is 9.72 Å². The molecule has 0 atom stereocenters. The molecular weight excluding hydrogens is 483 g/mol. The number of hydrogen-bond donors (Lipinski definition) is 0. The van der Waals surface area contributed by atoms with Crippen molar-refractivity contribution in [3.8, 4) is 0 Å². The fourth-order valence-electron chi connectivity index (χ4n) is 3.36. The molecule has 0 saturated heterocycles. The Bertz CT molecular complexity index is 1290. The number of benzene rings is 2. The van der Waals surface area contributed by atoms with Crippen molar-refractivity contribution in [2.75, 3.05) is 6.61 Å². The Morgan fingerprint density at radius 2 is 1.88 bits per heavy atom. The third kappa shape index (κ3) is 5.92. The van der Waals surface area contributed by atoms with Crippen molar-refractivity contribution in [3.63, 3.8) is 0 Å². The smallest absolute Gasteiger partial charge is 0.446 e. The van der Waals surface area contributed by atoms with Crippen molar-refractivity contribution < 1.29 is 22.7 Å². The van der Waals surface area contributed by atoms with Gasteiger partial charge in [-0.1, -0.05) is 36.0 Å². The van der Waals surface area contributed by atoms with Crippen LogP contribution in [0.25, 0.3) is 11.0 Å². The van der Waals surface area contributed by atoms with Gasteiger partial charge in [-0.25, -0.2) is 9.78 Å². The van der Waals surface area contributed by atoms with Crippen LogP contribution in [0.15, 0.2) is 76.9 Å². The van der Waals surface area contributed by atoms with Crippen molar-refractivity contribution in [1.29, 1.82) is 0 Å². The van der Waals surface area contributed by atoms with Crippen LogP contribution in [0.4, 0.5) is 13.2 Å². The van der Waals surface area contributed by atoms with E-state index in [1.54, 1.807) is 49.5 Å². The highest BCUT2D eigenvalue weighted by Crippen LogP contribution is 2.40. The third-order valence-electron chi connectivity index (χ3n) is 4.83. The van der Waals surface area contributed by atoms with E-state index in [0.29, 0.717) is 34.1 Å². The molecule has 0 radical (unpaired) electrons. The molecule has 10 heteroatoms. The maximum atomic E-state index is 13.0.